The van der Waals surface area contributed by atoms with Gasteiger partial charge < -0.3 is 10.5 Å². The second-order valence-corrected chi connectivity index (χ2v) is 4.11. The largest absolute Gasteiger partial charge is 0.449 e. The third kappa shape index (κ3) is 9.57. The van der Waals surface area contributed by atoms with E-state index in [0.29, 0.717) is 12.5 Å². The van der Waals surface area contributed by atoms with Crippen LogP contribution < -0.4 is 5.73 Å². The van der Waals surface area contributed by atoms with Crippen molar-refractivity contribution < 1.29 is 9.53 Å². The van der Waals surface area contributed by atoms with Gasteiger partial charge in [-0.2, -0.15) is 0 Å². The molecule has 0 fully saturated rings. The molecule has 3 heteroatoms. The first kappa shape index (κ1) is 14.3. The molecule has 0 aromatic rings. The van der Waals surface area contributed by atoms with Crippen molar-refractivity contribution in [2.75, 3.05) is 6.61 Å². The smallest absolute Gasteiger partial charge is 0.404 e. The zero-order chi connectivity index (χ0) is 11.5. The predicted octanol–water partition coefficient (Wildman–Crippen LogP) is 3.47. The molecule has 90 valence electrons. The van der Waals surface area contributed by atoms with Gasteiger partial charge in [0.05, 0.1) is 6.61 Å². The molecule has 0 aliphatic carbocycles. The predicted molar refractivity (Wildman–Crippen MR) is 62.7 cm³/mol. The molecule has 0 aromatic heterocycles. The summed E-state index contributed by atoms with van der Waals surface area (Å²) in [5.41, 5.74) is 4.93. The van der Waals surface area contributed by atoms with Gasteiger partial charge >= 0.3 is 6.09 Å². The molecule has 0 aliphatic heterocycles. The van der Waals surface area contributed by atoms with Crippen molar-refractivity contribution in [3.63, 3.8) is 0 Å². The van der Waals surface area contributed by atoms with Crippen molar-refractivity contribution >= 4 is 6.09 Å². The maximum Gasteiger partial charge on any atom is 0.404 e. The van der Waals surface area contributed by atoms with Crippen LogP contribution in [0.5, 0.6) is 0 Å². The van der Waals surface area contributed by atoms with Crippen LogP contribution in [0.25, 0.3) is 0 Å². The van der Waals surface area contributed by atoms with E-state index in [4.69, 9.17) is 10.5 Å². The van der Waals surface area contributed by atoms with Gasteiger partial charge in [-0.1, -0.05) is 52.4 Å². The molecule has 1 atom stereocenters. The maximum atomic E-state index is 10.4. The van der Waals surface area contributed by atoms with Crippen LogP contribution in [0.4, 0.5) is 4.79 Å². The summed E-state index contributed by atoms with van der Waals surface area (Å²) < 4.78 is 4.81. The molecule has 0 aliphatic rings. The monoisotopic (exact) mass is 215 g/mol. The Morgan fingerprint density at radius 3 is 2.40 bits per heavy atom. The van der Waals surface area contributed by atoms with E-state index in [1.807, 2.05) is 0 Å². The van der Waals surface area contributed by atoms with E-state index in [0.717, 1.165) is 12.8 Å². The summed E-state index contributed by atoms with van der Waals surface area (Å²) in [5.74, 6) is 0.485. The van der Waals surface area contributed by atoms with Crippen molar-refractivity contribution in [2.45, 2.75) is 58.8 Å². The van der Waals surface area contributed by atoms with E-state index >= 15 is 0 Å². The summed E-state index contributed by atoms with van der Waals surface area (Å²) in [5, 5.41) is 0. The van der Waals surface area contributed by atoms with Crippen LogP contribution in [-0.4, -0.2) is 12.7 Å². The Kier molecular flexibility index (Phi) is 9.33. The number of carbonyl (C=O) groups excluding carboxylic acids is 1. The Morgan fingerprint density at radius 1 is 1.20 bits per heavy atom. The zero-order valence-electron chi connectivity index (χ0n) is 10.1. The van der Waals surface area contributed by atoms with Gasteiger partial charge in [-0.25, -0.2) is 4.79 Å². The molecule has 0 bridgehead atoms. The van der Waals surface area contributed by atoms with Crippen molar-refractivity contribution in [1.29, 1.82) is 0 Å². The van der Waals surface area contributed by atoms with Crippen molar-refractivity contribution in [1.82, 2.24) is 0 Å². The van der Waals surface area contributed by atoms with Crippen molar-refractivity contribution in [3.05, 3.63) is 0 Å². The lowest BCUT2D eigenvalue weighted by Crippen LogP contribution is -2.18. The van der Waals surface area contributed by atoms with Gasteiger partial charge in [0.15, 0.2) is 0 Å². The maximum absolute atomic E-state index is 10.4. The molecule has 0 saturated heterocycles. The van der Waals surface area contributed by atoms with Gasteiger partial charge in [0.1, 0.15) is 0 Å². The molecule has 0 aromatic carbocycles. The quantitative estimate of drug-likeness (QED) is 0.599. The van der Waals surface area contributed by atoms with E-state index in [-0.39, 0.29) is 0 Å². The van der Waals surface area contributed by atoms with Crippen LogP contribution in [-0.2, 0) is 4.74 Å². The van der Waals surface area contributed by atoms with E-state index in [2.05, 4.69) is 13.8 Å². The minimum Gasteiger partial charge on any atom is -0.449 e. The Hall–Kier alpha value is -0.730. The highest BCUT2D eigenvalue weighted by molar-refractivity contribution is 5.64. The molecular weight excluding hydrogens is 190 g/mol. The Balaban J connectivity index is 3.40. The summed E-state index contributed by atoms with van der Waals surface area (Å²) in [6.45, 7) is 4.83. The lowest BCUT2D eigenvalue weighted by molar-refractivity contribution is 0.131. The second kappa shape index (κ2) is 9.81. The van der Waals surface area contributed by atoms with Gasteiger partial charge in [-0.15, -0.1) is 0 Å². The fourth-order valence-corrected chi connectivity index (χ4v) is 1.64. The average molecular weight is 215 g/mol. The standard InChI is InChI=1S/C12H25NO2/c1-3-5-6-7-8-9-11(4-2)10-15-12(13)14/h11H,3-10H2,1-2H3,(H2,13,14). The number of primary amides is 1. The van der Waals surface area contributed by atoms with E-state index in [1.54, 1.807) is 0 Å². The Morgan fingerprint density at radius 2 is 1.87 bits per heavy atom. The highest BCUT2D eigenvalue weighted by Crippen LogP contribution is 2.15. The van der Waals surface area contributed by atoms with Crippen LogP contribution in [0.15, 0.2) is 0 Å². The van der Waals surface area contributed by atoms with Crippen LogP contribution in [0.3, 0.4) is 0 Å². The molecule has 3 nitrogen and oxygen atoms in total. The number of hydrogen-bond acceptors (Lipinski definition) is 2. The summed E-state index contributed by atoms with van der Waals surface area (Å²) in [6, 6.07) is 0. The van der Waals surface area contributed by atoms with E-state index in [1.165, 1.54) is 32.1 Å². The van der Waals surface area contributed by atoms with Gasteiger partial charge in [0, 0.05) is 0 Å². The second-order valence-electron chi connectivity index (χ2n) is 4.11. The summed E-state index contributed by atoms with van der Waals surface area (Å²) in [4.78, 5) is 10.4. The third-order valence-electron chi connectivity index (χ3n) is 2.75. The number of hydrogen-bond donors (Lipinski definition) is 1. The Bertz CT molecular complexity index is 160. The van der Waals surface area contributed by atoms with Crippen molar-refractivity contribution in [3.8, 4) is 0 Å². The van der Waals surface area contributed by atoms with Crippen LogP contribution in [0.2, 0.25) is 0 Å². The van der Waals surface area contributed by atoms with Crippen LogP contribution in [0, 0.1) is 5.92 Å². The molecule has 1 unspecified atom stereocenters. The molecule has 0 spiro atoms. The first-order chi connectivity index (χ1) is 7.20. The fraction of sp³-hybridized carbons (Fsp3) is 0.917. The molecule has 2 N–H and O–H groups in total. The first-order valence-corrected chi connectivity index (χ1v) is 6.12. The number of carbonyl (C=O) groups is 1. The number of unbranched alkanes of at least 4 members (excludes halogenated alkanes) is 4. The minimum absolute atomic E-state index is 0.485. The molecule has 1 amide bonds. The number of amides is 1. The Labute approximate surface area is 93.4 Å². The number of nitrogens with two attached hydrogens (primary N) is 1. The first-order valence-electron chi connectivity index (χ1n) is 6.12. The average Bonchev–Trinajstić information content (AvgIpc) is 2.22. The molecular formula is C12H25NO2. The number of ether oxygens (including phenoxy) is 1. The van der Waals surface area contributed by atoms with Crippen LogP contribution in [0.1, 0.15) is 58.8 Å². The van der Waals surface area contributed by atoms with Gasteiger partial charge in [0.2, 0.25) is 0 Å². The number of rotatable bonds is 9. The molecule has 0 rings (SSSR count). The summed E-state index contributed by atoms with van der Waals surface area (Å²) in [6.07, 6.45) is 8.01. The van der Waals surface area contributed by atoms with E-state index < -0.39 is 6.09 Å². The van der Waals surface area contributed by atoms with Crippen molar-refractivity contribution in [2.24, 2.45) is 11.7 Å². The third-order valence-corrected chi connectivity index (χ3v) is 2.75. The van der Waals surface area contributed by atoms with Gasteiger partial charge in [-0.3, -0.25) is 0 Å². The molecule has 0 saturated carbocycles. The van der Waals surface area contributed by atoms with Gasteiger partial charge in [-0.05, 0) is 12.3 Å². The van der Waals surface area contributed by atoms with Crippen LogP contribution >= 0.6 is 0 Å². The minimum atomic E-state index is -0.653. The summed E-state index contributed by atoms with van der Waals surface area (Å²) >= 11 is 0. The topological polar surface area (TPSA) is 52.3 Å². The highest BCUT2D eigenvalue weighted by Gasteiger charge is 2.07. The van der Waals surface area contributed by atoms with E-state index in [9.17, 15) is 4.79 Å². The SMILES string of the molecule is CCCCCCCC(CC)COC(N)=O. The molecule has 0 radical (unpaired) electrons. The van der Waals surface area contributed by atoms with Gasteiger partial charge in [0.25, 0.3) is 0 Å². The summed E-state index contributed by atoms with van der Waals surface area (Å²) in [7, 11) is 0. The fourth-order valence-electron chi connectivity index (χ4n) is 1.64. The molecule has 0 heterocycles. The zero-order valence-corrected chi connectivity index (χ0v) is 10.1. The normalized spacial score (nSPS) is 12.4. The lowest BCUT2D eigenvalue weighted by atomic mass is 9.99. The highest BCUT2D eigenvalue weighted by atomic mass is 16.5. The lowest BCUT2D eigenvalue weighted by Gasteiger charge is -2.13. The molecule has 15 heavy (non-hydrogen) atoms.